The van der Waals surface area contributed by atoms with E-state index in [1.165, 1.54) is 14.0 Å². The minimum atomic E-state index is -4.82. The largest absolute Gasteiger partial charge is 0.521 e. The van der Waals surface area contributed by atoms with Crippen LogP contribution >= 0.6 is 12.6 Å². The standard InChI is InChI=1S/C11H16F3NO4S/c1-6-3-7(19-2)4-15(6,10(17)18)9(16)8(5-20)11(12,13)14/h6-8H,3-5H2,1-2H3,(H-,17,18,20)/p+1/t6-,7+,8?,15-/m1/s1. The quantitative estimate of drug-likeness (QED) is 0.617. The molecule has 1 aliphatic rings. The maximum absolute atomic E-state index is 12.9. The van der Waals surface area contributed by atoms with Gasteiger partial charge in [0.1, 0.15) is 18.7 Å². The Balaban J connectivity index is 3.21. The van der Waals surface area contributed by atoms with Crippen LogP contribution < -0.4 is 0 Å². The maximum Gasteiger partial charge on any atom is 0.521 e. The molecule has 116 valence electrons. The van der Waals surface area contributed by atoms with Gasteiger partial charge in [-0.1, -0.05) is 0 Å². The number of likely N-dealkylation sites (tertiary alicyclic amines) is 1. The van der Waals surface area contributed by atoms with Crippen LogP contribution in [-0.4, -0.2) is 59.3 Å². The van der Waals surface area contributed by atoms with E-state index < -0.39 is 46.5 Å². The fourth-order valence-electron chi connectivity index (χ4n) is 2.57. The number of carbonyl (C=O) groups excluding carboxylic acids is 1. The zero-order valence-electron chi connectivity index (χ0n) is 11.1. The zero-order chi connectivity index (χ0) is 15.7. The van der Waals surface area contributed by atoms with Crippen molar-refractivity contribution in [1.29, 1.82) is 0 Å². The Morgan fingerprint density at radius 2 is 2.05 bits per heavy atom. The number of carbonyl (C=O) groups is 2. The van der Waals surface area contributed by atoms with Crippen LogP contribution in [-0.2, 0) is 9.53 Å². The van der Waals surface area contributed by atoms with Crippen LogP contribution in [0.4, 0.5) is 18.0 Å². The van der Waals surface area contributed by atoms with Crippen molar-refractivity contribution in [3.63, 3.8) is 0 Å². The molecule has 0 saturated carbocycles. The highest BCUT2D eigenvalue weighted by molar-refractivity contribution is 7.80. The van der Waals surface area contributed by atoms with E-state index in [2.05, 4.69) is 12.6 Å². The van der Waals surface area contributed by atoms with Gasteiger partial charge in [0, 0.05) is 19.3 Å². The van der Waals surface area contributed by atoms with Crippen molar-refractivity contribution < 1.29 is 37.1 Å². The fourth-order valence-corrected chi connectivity index (χ4v) is 2.94. The van der Waals surface area contributed by atoms with Gasteiger partial charge in [-0.15, -0.1) is 0 Å². The summed E-state index contributed by atoms with van der Waals surface area (Å²) in [6, 6.07) is -0.783. The summed E-state index contributed by atoms with van der Waals surface area (Å²) >= 11 is 3.55. The molecule has 0 radical (unpaired) electrons. The van der Waals surface area contributed by atoms with Gasteiger partial charge >= 0.3 is 18.2 Å². The third-order valence-electron chi connectivity index (χ3n) is 3.79. The molecule has 1 rings (SSSR count). The molecule has 0 bridgehead atoms. The van der Waals surface area contributed by atoms with Crippen LogP contribution in [0.15, 0.2) is 0 Å². The monoisotopic (exact) mass is 316 g/mol. The second-order valence-corrected chi connectivity index (χ2v) is 5.26. The minimum absolute atomic E-state index is 0.214. The van der Waals surface area contributed by atoms with E-state index in [4.69, 9.17) is 4.74 Å². The van der Waals surface area contributed by atoms with E-state index in [1.807, 2.05) is 0 Å². The number of halogens is 3. The normalized spacial score (nSPS) is 32.1. The summed E-state index contributed by atoms with van der Waals surface area (Å²) in [7, 11) is 1.34. The molecule has 1 fully saturated rings. The van der Waals surface area contributed by atoms with Crippen LogP contribution in [0.25, 0.3) is 0 Å². The molecule has 2 amide bonds. The molecule has 0 aliphatic carbocycles. The minimum Gasteiger partial charge on any atom is -0.435 e. The molecular formula is C11H17F3NO4S+. The van der Waals surface area contributed by atoms with Gasteiger partial charge in [0.15, 0.2) is 5.92 Å². The van der Waals surface area contributed by atoms with Crippen LogP contribution in [0.1, 0.15) is 13.3 Å². The smallest absolute Gasteiger partial charge is 0.435 e. The Bertz CT molecular complexity index is 404. The average Bonchev–Trinajstić information content (AvgIpc) is 2.66. The van der Waals surface area contributed by atoms with Gasteiger partial charge in [-0.05, 0) is 6.92 Å². The van der Waals surface area contributed by atoms with Gasteiger partial charge in [0.25, 0.3) is 0 Å². The summed E-state index contributed by atoms with van der Waals surface area (Å²) in [5.74, 6) is -4.56. The number of carboxylic acid groups (broad SMARTS) is 1. The number of hydrogen-bond acceptors (Lipinski definition) is 4. The Hall–Kier alpha value is -0.800. The number of amides is 2. The summed E-state index contributed by atoms with van der Waals surface area (Å²) < 4.78 is 42.3. The summed E-state index contributed by atoms with van der Waals surface area (Å²) in [4.78, 5) is 23.7. The van der Waals surface area contributed by atoms with Gasteiger partial charge in [-0.25, -0.2) is 4.79 Å². The highest BCUT2D eigenvalue weighted by Crippen LogP contribution is 2.37. The van der Waals surface area contributed by atoms with Crippen molar-refractivity contribution >= 4 is 24.6 Å². The van der Waals surface area contributed by atoms with E-state index in [1.54, 1.807) is 0 Å². The van der Waals surface area contributed by atoms with Crippen LogP contribution in [0.3, 0.4) is 0 Å². The molecule has 1 N–H and O–H groups in total. The number of thiol groups is 1. The number of alkyl halides is 3. The van der Waals surface area contributed by atoms with E-state index in [9.17, 15) is 27.9 Å². The van der Waals surface area contributed by atoms with Crippen LogP contribution in [0.5, 0.6) is 0 Å². The zero-order valence-corrected chi connectivity index (χ0v) is 11.9. The molecule has 0 aromatic rings. The lowest BCUT2D eigenvalue weighted by Gasteiger charge is -2.32. The lowest BCUT2D eigenvalue weighted by Crippen LogP contribution is -2.63. The second kappa shape index (κ2) is 5.90. The van der Waals surface area contributed by atoms with Gasteiger partial charge < -0.3 is 9.84 Å². The number of methoxy groups -OCH3 is 1. The third-order valence-corrected chi connectivity index (χ3v) is 4.16. The van der Waals surface area contributed by atoms with E-state index in [0.717, 1.165) is 0 Å². The van der Waals surface area contributed by atoms with Crippen molar-refractivity contribution in [3.8, 4) is 0 Å². The first-order chi connectivity index (χ1) is 9.11. The molecule has 20 heavy (non-hydrogen) atoms. The number of rotatable bonds is 3. The Morgan fingerprint density at radius 1 is 1.50 bits per heavy atom. The number of nitrogens with zero attached hydrogens (tertiary/aromatic N) is 1. The van der Waals surface area contributed by atoms with Crippen LogP contribution in [0, 0.1) is 5.92 Å². The molecule has 1 saturated heterocycles. The molecule has 1 unspecified atom stereocenters. The Kier molecular flexibility index (Phi) is 5.09. The van der Waals surface area contributed by atoms with Crippen LogP contribution in [0.2, 0.25) is 0 Å². The van der Waals surface area contributed by atoms with Crippen molar-refractivity contribution in [1.82, 2.24) is 0 Å². The van der Waals surface area contributed by atoms with Crippen molar-refractivity contribution in [3.05, 3.63) is 0 Å². The van der Waals surface area contributed by atoms with Crippen molar-refractivity contribution in [2.24, 2.45) is 5.92 Å². The highest BCUT2D eigenvalue weighted by Gasteiger charge is 2.62. The summed E-state index contributed by atoms with van der Waals surface area (Å²) in [6.07, 6.45) is -6.74. The number of quaternary nitrogens is 1. The summed E-state index contributed by atoms with van der Waals surface area (Å²) in [5.41, 5.74) is 0. The lowest BCUT2D eigenvalue weighted by atomic mass is 10.1. The molecule has 1 aliphatic heterocycles. The van der Waals surface area contributed by atoms with E-state index in [-0.39, 0.29) is 13.0 Å². The Labute approximate surface area is 119 Å². The molecule has 0 aromatic heterocycles. The van der Waals surface area contributed by atoms with Crippen molar-refractivity contribution in [2.75, 3.05) is 19.4 Å². The van der Waals surface area contributed by atoms with Gasteiger partial charge in [0.05, 0.1) is 0 Å². The first kappa shape index (κ1) is 17.3. The SMILES string of the molecule is CO[C@H]1C[C@@H](C)[N@@+](C(=O)O)(C(=O)C(CS)C(F)(F)F)C1. The van der Waals surface area contributed by atoms with Gasteiger partial charge in [0.2, 0.25) is 0 Å². The fraction of sp³-hybridized carbons (Fsp3) is 0.818. The predicted molar refractivity (Wildman–Crippen MR) is 66.4 cm³/mol. The number of ether oxygens (including phenoxy) is 1. The van der Waals surface area contributed by atoms with E-state index >= 15 is 0 Å². The van der Waals surface area contributed by atoms with Gasteiger partial charge in [-0.3, -0.25) is 0 Å². The molecule has 9 heteroatoms. The molecular weight excluding hydrogens is 299 g/mol. The average molecular weight is 316 g/mol. The van der Waals surface area contributed by atoms with Crippen molar-refractivity contribution in [2.45, 2.75) is 31.7 Å². The first-order valence-corrected chi connectivity index (χ1v) is 6.60. The highest BCUT2D eigenvalue weighted by atomic mass is 32.1. The van der Waals surface area contributed by atoms with E-state index in [0.29, 0.717) is 0 Å². The predicted octanol–water partition coefficient (Wildman–Crippen LogP) is 1.92. The number of imide groups is 1. The first-order valence-electron chi connectivity index (χ1n) is 5.97. The summed E-state index contributed by atoms with van der Waals surface area (Å²) in [5, 5.41) is 9.33. The molecule has 1 heterocycles. The summed E-state index contributed by atoms with van der Waals surface area (Å²) in [6.45, 7) is 1.14. The Morgan fingerprint density at radius 3 is 2.35 bits per heavy atom. The lowest BCUT2D eigenvalue weighted by molar-refractivity contribution is -0.796. The molecule has 0 spiro atoms. The molecule has 0 aromatic carbocycles. The third kappa shape index (κ3) is 2.79. The van der Waals surface area contributed by atoms with Gasteiger partial charge in [-0.2, -0.15) is 35.1 Å². The molecule has 4 atom stereocenters. The maximum atomic E-state index is 12.9. The molecule has 5 nitrogen and oxygen atoms in total. The second-order valence-electron chi connectivity index (χ2n) is 4.89. The topological polar surface area (TPSA) is 63.6 Å². The number of hydrogen-bond donors (Lipinski definition) is 2.